The highest BCUT2D eigenvalue weighted by atomic mass is 19.1. The van der Waals surface area contributed by atoms with Crippen LogP contribution in [0.2, 0.25) is 0 Å². The molecule has 4 rings (SSSR count). The van der Waals surface area contributed by atoms with Crippen LogP contribution in [-0.4, -0.2) is 56.6 Å². The number of hydrogen-bond acceptors (Lipinski definition) is 6. The van der Waals surface area contributed by atoms with Crippen molar-refractivity contribution in [2.75, 3.05) is 29.9 Å². The molecule has 1 atom stereocenters. The molecule has 35 heavy (non-hydrogen) atoms. The van der Waals surface area contributed by atoms with Crippen molar-refractivity contribution in [3.05, 3.63) is 60.2 Å². The van der Waals surface area contributed by atoms with Gasteiger partial charge in [-0.1, -0.05) is 6.58 Å². The molecule has 1 N–H and O–H groups in total. The van der Waals surface area contributed by atoms with Gasteiger partial charge in [0.1, 0.15) is 5.60 Å². The highest BCUT2D eigenvalue weighted by Gasteiger charge is 2.31. The van der Waals surface area contributed by atoms with Gasteiger partial charge in [-0.2, -0.15) is 0 Å². The number of hydrogen-bond donors (Lipinski definition) is 1. The number of fused-ring (bicyclic) bond motifs is 1. The van der Waals surface area contributed by atoms with Gasteiger partial charge in [0.25, 0.3) is 0 Å². The molecule has 186 valence electrons. The SMILES string of the molecule is C=C(Nc1ncc(N2CCN(C(=O)OC(C)(C)C)C(C)C2)cc1F)c1cc(F)c2nc(C)cn2c1. The first-order valence-corrected chi connectivity index (χ1v) is 11.4. The Bertz CT molecular complexity index is 1280. The number of nitrogens with one attached hydrogen (secondary N) is 1. The van der Waals surface area contributed by atoms with E-state index in [0.29, 0.717) is 42.3 Å². The van der Waals surface area contributed by atoms with E-state index in [1.165, 1.54) is 12.1 Å². The maximum atomic E-state index is 14.9. The average molecular weight is 485 g/mol. The third-order valence-electron chi connectivity index (χ3n) is 5.69. The number of amides is 1. The van der Waals surface area contributed by atoms with Gasteiger partial charge in [0.15, 0.2) is 23.1 Å². The van der Waals surface area contributed by atoms with E-state index in [9.17, 15) is 13.6 Å². The molecule has 0 spiro atoms. The van der Waals surface area contributed by atoms with Gasteiger partial charge in [0.05, 0.1) is 17.6 Å². The number of aryl methyl sites for hydroxylation is 1. The Kier molecular flexibility index (Phi) is 6.40. The summed E-state index contributed by atoms with van der Waals surface area (Å²) in [4.78, 5) is 24.5. The Hall–Kier alpha value is -3.69. The van der Waals surface area contributed by atoms with Gasteiger partial charge < -0.3 is 24.3 Å². The lowest BCUT2D eigenvalue weighted by Crippen LogP contribution is -2.55. The summed E-state index contributed by atoms with van der Waals surface area (Å²) >= 11 is 0. The molecular formula is C25H30F2N6O2. The number of piperazine rings is 1. The van der Waals surface area contributed by atoms with E-state index in [2.05, 4.69) is 21.9 Å². The molecule has 1 fully saturated rings. The van der Waals surface area contributed by atoms with Crippen LogP contribution in [0, 0.1) is 18.6 Å². The summed E-state index contributed by atoms with van der Waals surface area (Å²) in [7, 11) is 0. The van der Waals surface area contributed by atoms with E-state index >= 15 is 0 Å². The number of pyridine rings is 2. The van der Waals surface area contributed by atoms with E-state index < -0.39 is 17.2 Å². The number of imidazole rings is 1. The highest BCUT2D eigenvalue weighted by Crippen LogP contribution is 2.26. The number of carbonyl (C=O) groups excluding carboxylic acids is 1. The van der Waals surface area contributed by atoms with E-state index in [1.807, 2.05) is 32.6 Å². The van der Waals surface area contributed by atoms with Crippen LogP contribution in [0.15, 0.2) is 37.3 Å². The number of anilines is 2. The summed E-state index contributed by atoms with van der Waals surface area (Å²) < 4.78 is 36.4. The molecule has 1 saturated heterocycles. The number of ether oxygens (including phenoxy) is 1. The maximum Gasteiger partial charge on any atom is 0.410 e. The quantitative estimate of drug-likeness (QED) is 0.571. The van der Waals surface area contributed by atoms with Gasteiger partial charge in [-0.3, -0.25) is 0 Å². The van der Waals surface area contributed by atoms with Gasteiger partial charge in [-0.15, -0.1) is 0 Å². The second kappa shape index (κ2) is 9.16. The standard InChI is InChI=1S/C25H30F2N6O2/c1-15-12-32-14-18(9-21(27)23(32)29-15)17(3)30-22-20(26)10-19(11-28-22)31-7-8-33(16(2)13-31)24(34)35-25(4,5)6/h9-12,14,16H,3,7-8,13H2,1-2,4-6H3,(H,28,30). The lowest BCUT2D eigenvalue weighted by Gasteiger charge is -2.41. The molecule has 0 aliphatic carbocycles. The minimum absolute atomic E-state index is 0.0125. The molecule has 1 aliphatic rings. The van der Waals surface area contributed by atoms with Gasteiger partial charge in [0.2, 0.25) is 0 Å². The van der Waals surface area contributed by atoms with Crippen molar-refractivity contribution < 1.29 is 18.3 Å². The summed E-state index contributed by atoms with van der Waals surface area (Å²) in [6.45, 7) is 14.6. The first-order chi connectivity index (χ1) is 16.4. The van der Waals surface area contributed by atoms with Gasteiger partial charge in [-0.05, 0) is 40.7 Å². The minimum atomic E-state index is -0.566. The molecule has 1 unspecified atom stereocenters. The fraction of sp³-hybridized carbons (Fsp3) is 0.400. The van der Waals surface area contributed by atoms with Crippen LogP contribution in [0.4, 0.5) is 25.1 Å². The Balaban J connectivity index is 1.44. The Labute approximate surface area is 203 Å². The first kappa shape index (κ1) is 24.4. The number of halogens is 2. The predicted molar refractivity (Wildman–Crippen MR) is 131 cm³/mol. The van der Waals surface area contributed by atoms with Crippen LogP contribution < -0.4 is 10.2 Å². The fourth-order valence-electron chi connectivity index (χ4n) is 4.04. The topological polar surface area (TPSA) is 75.0 Å². The van der Waals surface area contributed by atoms with Crippen molar-refractivity contribution in [1.82, 2.24) is 19.3 Å². The third kappa shape index (κ3) is 5.36. The van der Waals surface area contributed by atoms with Gasteiger partial charge >= 0.3 is 6.09 Å². The smallest absolute Gasteiger partial charge is 0.410 e. The van der Waals surface area contributed by atoms with Gasteiger partial charge in [-0.25, -0.2) is 23.5 Å². The largest absolute Gasteiger partial charge is 0.444 e. The molecular weight excluding hydrogens is 454 g/mol. The Morgan fingerprint density at radius 2 is 1.94 bits per heavy atom. The molecule has 1 aliphatic heterocycles. The molecule has 3 aromatic heterocycles. The number of carbonyl (C=O) groups is 1. The fourth-order valence-corrected chi connectivity index (χ4v) is 4.04. The monoisotopic (exact) mass is 484 g/mol. The van der Waals surface area contributed by atoms with Crippen molar-refractivity contribution in [2.45, 2.75) is 46.3 Å². The van der Waals surface area contributed by atoms with E-state index in [-0.39, 0.29) is 23.6 Å². The Morgan fingerprint density at radius 3 is 2.60 bits per heavy atom. The average Bonchev–Trinajstić information content (AvgIpc) is 3.14. The zero-order valence-corrected chi connectivity index (χ0v) is 20.6. The first-order valence-electron chi connectivity index (χ1n) is 11.4. The zero-order chi connectivity index (χ0) is 25.5. The minimum Gasteiger partial charge on any atom is -0.444 e. The summed E-state index contributed by atoms with van der Waals surface area (Å²) in [5, 5.41) is 2.84. The van der Waals surface area contributed by atoms with Crippen molar-refractivity contribution in [3.63, 3.8) is 0 Å². The second-order valence-corrected chi connectivity index (χ2v) is 9.79. The molecule has 10 heteroatoms. The molecule has 0 radical (unpaired) electrons. The summed E-state index contributed by atoms with van der Waals surface area (Å²) in [5.74, 6) is -1.07. The van der Waals surface area contributed by atoms with Crippen molar-refractivity contribution in [3.8, 4) is 0 Å². The molecule has 1 amide bonds. The second-order valence-electron chi connectivity index (χ2n) is 9.79. The van der Waals surface area contributed by atoms with E-state index in [1.54, 1.807) is 34.8 Å². The van der Waals surface area contributed by atoms with E-state index in [0.717, 1.165) is 0 Å². The molecule has 0 aromatic carbocycles. The normalized spacial score (nSPS) is 16.5. The summed E-state index contributed by atoms with van der Waals surface area (Å²) in [5.41, 5.74) is 1.69. The van der Waals surface area contributed by atoms with Crippen molar-refractivity contribution in [1.29, 1.82) is 0 Å². The van der Waals surface area contributed by atoms with Crippen molar-refractivity contribution >= 4 is 28.9 Å². The molecule has 8 nitrogen and oxygen atoms in total. The van der Waals surface area contributed by atoms with Crippen molar-refractivity contribution in [2.24, 2.45) is 0 Å². The van der Waals surface area contributed by atoms with Crippen LogP contribution in [-0.2, 0) is 4.74 Å². The molecule has 4 heterocycles. The van der Waals surface area contributed by atoms with Crippen LogP contribution >= 0.6 is 0 Å². The van der Waals surface area contributed by atoms with Crippen LogP contribution in [0.25, 0.3) is 11.3 Å². The van der Waals surface area contributed by atoms with Crippen LogP contribution in [0.3, 0.4) is 0 Å². The zero-order valence-electron chi connectivity index (χ0n) is 20.6. The molecule has 0 bridgehead atoms. The third-order valence-corrected chi connectivity index (χ3v) is 5.69. The summed E-state index contributed by atoms with van der Waals surface area (Å²) in [6.07, 6.45) is 4.59. The number of nitrogens with zero attached hydrogens (tertiary/aromatic N) is 5. The molecule has 3 aromatic rings. The van der Waals surface area contributed by atoms with Crippen LogP contribution in [0.1, 0.15) is 39.0 Å². The van der Waals surface area contributed by atoms with Gasteiger partial charge in [0, 0.05) is 55.4 Å². The predicted octanol–water partition coefficient (Wildman–Crippen LogP) is 4.84. The lowest BCUT2D eigenvalue weighted by atomic mass is 10.1. The highest BCUT2D eigenvalue weighted by molar-refractivity contribution is 5.75. The molecule has 0 saturated carbocycles. The van der Waals surface area contributed by atoms with Crippen LogP contribution in [0.5, 0.6) is 0 Å². The number of rotatable bonds is 4. The summed E-state index contributed by atoms with van der Waals surface area (Å²) in [6, 6.07) is 2.58. The number of aromatic nitrogens is 3. The lowest BCUT2D eigenvalue weighted by molar-refractivity contribution is 0.0159. The maximum absolute atomic E-state index is 14.9. The van der Waals surface area contributed by atoms with E-state index in [4.69, 9.17) is 4.74 Å². The Morgan fingerprint density at radius 1 is 1.20 bits per heavy atom.